The van der Waals surface area contributed by atoms with Crippen LogP contribution in [0.25, 0.3) is 0 Å². The van der Waals surface area contributed by atoms with E-state index < -0.39 is 5.60 Å². The summed E-state index contributed by atoms with van der Waals surface area (Å²) in [4.78, 5) is 23.9. The van der Waals surface area contributed by atoms with Gasteiger partial charge < -0.3 is 14.4 Å². The number of ether oxygens (including phenoxy) is 1. The molecule has 92 valence electrons. The highest BCUT2D eigenvalue weighted by Gasteiger charge is 2.27. The molecule has 0 bridgehead atoms. The van der Waals surface area contributed by atoms with Crippen LogP contribution < -0.4 is 0 Å². The standard InChI is InChI=1S/C12H21NO3/c1-12(2,3)16-11(15)13-7-4-5-10(9-13)6-8-14/h8,10H,4-7,9H2,1-3H3/t10-/m0/s1. The lowest BCUT2D eigenvalue weighted by atomic mass is 9.96. The van der Waals surface area contributed by atoms with E-state index in [2.05, 4.69) is 0 Å². The molecule has 0 N–H and O–H groups in total. The Hall–Kier alpha value is -1.06. The molecule has 4 heteroatoms. The predicted octanol–water partition coefficient (Wildman–Crippen LogP) is 2.22. The van der Waals surface area contributed by atoms with Crippen molar-refractivity contribution in [3.63, 3.8) is 0 Å². The summed E-state index contributed by atoms with van der Waals surface area (Å²) in [6.45, 7) is 6.96. The highest BCUT2D eigenvalue weighted by molar-refractivity contribution is 5.68. The summed E-state index contributed by atoms with van der Waals surface area (Å²) < 4.78 is 5.30. The van der Waals surface area contributed by atoms with E-state index in [1.165, 1.54) is 0 Å². The van der Waals surface area contributed by atoms with E-state index in [1.54, 1.807) is 4.90 Å². The molecule has 1 atom stereocenters. The number of carbonyl (C=O) groups excluding carboxylic acids is 2. The van der Waals surface area contributed by atoms with Gasteiger partial charge in [-0.3, -0.25) is 0 Å². The van der Waals surface area contributed by atoms with Crippen molar-refractivity contribution >= 4 is 12.4 Å². The van der Waals surface area contributed by atoms with Crippen LogP contribution in [0.15, 0.2) is 0 Å². The van der Waals surface area contributed by atoms with Gasteiger partial charge in [0, 0.05) is 19.5 Å². The van der Waals surface area contributed by atoms with Crippen molar-refractivity contribution in [3.05, 3.63) is 0 Å². The topological polar surface area (TPSA) is 46.6 Å². The quantitative estimate of drug-likeness (QED) is 0.679. The largest absolute Gasteiger partial charge is 0.444 e. The number of piperidine rings is 1. The average molecular weight is 227 g/mol. The van der Waals surface area contributed by atoms with Crippen LogP contribution in [0.2, 0.25) is 0 Å². The van der Waals surface area contributed by atoms with Crippen LogP contribution in [0.3, 0.4) is 0 Å². The number of carbonyl (C=O) groups is 2. The molecule has 0 unspecified atom stereocenters. The van der Waals surface area contributed by atoms with Gasteiger partial charge in [-0.1, -0.05) is 0 Å². The Morgan fingerprint density at radius 1 is 1.50 bits per heavy atom. The second kappa shape index (κ2) is 5.32. The van der Waals surface area contributed by atoms with Crippen LogP contribution in [-0.4, -0.2) is 36.0 Å². The van der Waals surface area contributed by atoms with Crippen molar-refractivity contribution in [1.29, 1.82) is 0 Å². The molecule has 1 aliphatic heterocycles. The van der Waals surface area contributed by atoms with Gasteiger partial charge in [-0.15, -0.1) is 0 Å². The van der Waals surface area contributed by atoms with E-state index in [0.29, 0.717) is 18.9 Å². The zero-order chi connectivity index (χ0) is 12.2. The third-order valence-electron chi connectivity index (χ3n) is 2.60. The maximum absolute atomic E-state index is 11.8. The third kappa shape index (κ3) is 4.21. The van der Waals surface area contributed by atoms with Gasteiger partial charge in [0.1, 0.15) is 11.9 Å². The molecule has 1 rings (SSSR count). The first kappa shape index (κ1) is 13.0. The minimum atomic E-state index is -0.450. The Morgan fingerprint density at radius 3 is 2.75 bits per heavy atom. The Balaban J connectivity index is 2.47. The van der Waals surface area contributed by atoms with E-state index in [0.717, 1.165) is 25.7 Å². The lowest BCUT2D eigenvalue weighted by Gasteiger charge is -2.33. The summed E-state index contributed by atoms with van der Waals surface area (Å²) in [5, 5.41) is 0. The average Bonchev–Trinajstić information content (AvgIpc) is 2.16. The minimum Gasteiger partial charge on any atom is -0.444 e. The van der Waals surface area contributed by atoms with Crippen LogP contribution in [0.5, 0.6) is 0 Å². The second-order valence-electron chi connectivity index (χ2n) is 5.34. The third-order valence-corrected chi connectivity index (χ3v) is 2.60. The Labute approximate surface area is 96.9 Å². The Kier molecular flexibility index (Phi) is 4.33. The number of rotatable bonds is 2. The van der Waals surface area contributed by atoms with Crippen LogP contribution in [-0.2, 0) is 9.53 Å². The molecule has 0 spiro atoms. The van der Waals surface area contributed by atoms with Gasteiger partial charge in [-0.2, -0.15) is 0 Å². The predicted molar refractivity (Wildman–Crippen MR) is 61.2 cm³/mol. The first-order chi connectivity index (χ1) is 7.42. The summed E-state index contributed by atoms with van der Waals surface area (Å²) in [6, 6.07) is 0. The van der Waals surface area contributed by atoms with Crippen molar-refractivity contribution in [3.8, 4) is 0 Å². The molecular formula is C12H21NO3. The van der Waals surface area contributed by atoms with Gasteiger partial charge in [0.15, 0.2) is 0 Å². The molecule has 0 aliphatic carbocycles. The van der Waals surface area contributed by atoms with E-state index in [-0.39, 0.29) is 6.09 Å². The van der Waals surface area contributed by atoms with Gasteiger partial charge in [-0.05, 0) is 39.5 Å². The summed E-state index contributed by atoms with van der Waals surface area (Å²) in [7, 11) is 0. The van der Waals surface area contributed by atoms with Crippen molar-refractivity contribution in [2.75, 3.05) is 13.1 Å². The molecule has 0 radical (unpaired) electrons. The lowest BCUT2D eigenvalue weighted by Crippen LogP contribution is -2.42. The van der Waals surface area contributed by atoms with Crippen molar-refractivity contribution in [2.24, 2.45) is 5.92 Å². The van der Waals surface area contributed by atoms with Crippen molar-refractivity contribution < 1.29 is 14.3 Å². The molecule has 0 aromatic rings. The molecule has 0 saturated carbocycles. The molecule has 16 heavy (non-hydrogen) atoms. The van der Waals surface area contributed by atoms with Gasteiger partial charge in [0.25, 0.3) is 0 Å². The molecule has 1 aliphatic rings. The Morgan fingerprint density at radius 2 is 2.19 bits per heavy atom. The maximum Gasteiger partial charge on any atom is 0.410 e. The van der Waals surface area contributed by atoms with Crippen LogP contribution in [0.1, 0.15) is 40.0 Å². The van der Waals surface area contributed by atoms with E-state index >= 15 is 0 Å². The normalized spacial score (nSPS) is 21.7. The molecule has 1 amide bonds. The monoisotopic (exact) mass is 227 g/mol. The Bertz CT molecular complexity index is 257. The van der Waals surface area contributed by atoms with E-state index in [4.69, 9.17) is 4.74 Å². The first-order valence-corrected chi connectivity index (χ1v) is 5.84. The number of hydrogen-bond acceptors (Lipinski definition) is 3. The van der Waals surface area contributed by atoms with Crippen LogP contribution in [0, 0.1) is 5.92 Å². The minimum absolute atomic E-state index is 0.261. The van der Waals surface area contributed by atoms with Crippen LogP contribution >= 0.6 is 0 Å². The number of aldehydes is 1. The summed E-state index contributed by atoms with van der Waals surface area (Å²) in [6.07, 6.45) is 3.20. The number of amides is 1. The van der Waals surface area contributed by atoms with Gasteiger partial charge in [0.05, 0.1) is 0 Å². The fourth-order valence-electron chi connectivity index (χ4n) is 1.89. The van der Waals surface area contributed by atoms with Gasteiger partial charge in [0.2, 0.25) is 0 Å². The smallest absolute Gasteiger partial charge is 0.410 e. The highest BCUT2D eigenvalue weighted by atomic mass is 16.6. The van der Waals surface area contributed by atoms with Crippen molar-refractivity contribution in [1.82, 2.24) is 4.90 Å². The second-order valence-corrected chi connectivity index (χ2v) is 5.34. The summed E-state index contributed by atoms with van der Waals surface area (Å²) in [5.74, 6) is 0.304. The zero-order valence-corrected chi connectivity index (χ0v) is 10.4. The zero-order valence-electron chi connectivity index (χ0n) is 10.4. The van der Waals surface area contributed by atoms with Gasteiger partial charge >= 0.3 is 6.09 Å². The molecule has 4 nitrogen and oxygen atoms in total. The summed E-state index contributed by atoms with van der Waals surface area (Å²) in [5.41, 5.74) is -0.450. The highest BCUT2D eigenvalue weighted by Crippen LogP contribution is 2.20. The fourth-order valence-corrected chi connectivity index (χ4v) is 1.89. The maximum atomic E-state index is 11.8. The fraction of sp³-hybridized carbons (Fsp3) is 0.833. The summed E-state index contributed by atoms with van der Waals surface area (Å²) >= 11 is 0. The first-order valence-electron chi connectivity index (χ1n) is 5.84. The number of nitrogens with zero attached hydrogens (tertiary/aromatic N) is 1. The van der Waals surface area contributed by atoms with Crippen LogP contribution in [0.4, 0.5) is 4.79 Å². The molecular weight excluding hydrogens is 206 g/mol. The number of hydrogen-bond donors (Lipinski definition) is 0. The SMILES string of the molecule is CC(C)(C)OC(=O)N1CCC[C@@H](CC=O)C1. The lowest BCUT2D eigenvalue weighted by molar-refractivity contribution is -0.109. The van der Waals surface area contributed by atoms with E-state index in [1.807, 2.05) is 20.8 Å². The van der Waals surface area contributed by atoms with E-state index in [9.17, 15) is 9.59 Å². The molecule has 1 saturated heterocycles. The molecule has 1 fully saturated rings. The molecule has 1 heterocycles. The number of likely N-dealkylation sites (tertiary alicyclic amines) is 1. The molecule has 0 aromatic heterocycles. The van der Waals surface area contributed by atoms with Crippen molar-refractivity contribution in [2.45, 2.75) is 45.6 Å². The van der Waals surface area contributed by atoms with Gasteiger partial charge in [-0.25, -0.2) is 4.79 Å². The molecule has 0 aromatic carbocycles.